The number of aryl methyl sites for hydroxylation is 8. The van der Waals surface area contributed by atoms with Crippen LogP contribution in [0.4, 0.5) is 0 Å². The van der Waals surface area contributed by atoms with Crippen LogP contribution < -0.4 is 0 Å². The number of esters is 1. The molecule has 2 aromatic heterocycles. The molecule has 0 radical (unpaired) electrons. The van der Waals surface area contributed by atoms with Crippen LogP contribution >= 0.6 is 0 Å². The molecule has 430 valence electrons. The van der Waals surface area contributed by atoms with Crippen LogP contribution in [0.15, 0.2) is 72.8 Å². The maximum Gasteiger partial charge on any atom is 0.309 e. The van der Waals surface area contributed by atoms with Crippen LogP contribution in [-0.2, 0) is 53.3 Å². The summed E-state index contributed by atoms with van der Waals surface area (Å²) in [7, 11) is 1.44. The second-order valence-corrected chi connectivity index (χ2v) is 22.8. The number of nitrogens with zero attached hydrogens (tertiary/aromatic N) is 8. The Labute approximate surface area is 483 Å². The predicted octanol–water partition coefficient (Wildman–Crippen LogP) is 12.8. The van der Waals surface area contributed by atoms with Gasteiger partial charge in [-0.15, -0.1) is 10.2 Å². The number of aliphatic carboxylic acids is 1. The lowest BCUT2D eigenvalue weighted by molar-refractivity contribution is -0.145. The number of rotatable bonds is 12. The minimum atomic E-state index is -0.850. The van der Waals surface area contributed by atoms with E-state index in [1.54, 1.807) is 6.92 Å². The molecular weight excluding hydrogens is 1020 g/mol. The number of carboxylic acid groups (broad SMARTS) is 1. The summed E-state index contributed by atoms with van der Waals surface area (Å²) in [5, 5.41) is 27.6. The Morgan fingerprint density at radius 2 is 0.902 bits per heavy atom. The van der Waals surface area contributed by atoms with Crippen LogP contribution in [-0.4, -0.2) is 88.8 Å². The zero-order chi connectivity index (χ0) is 58.5. The van der Waals surface area contributed by atoms with Gasteiger partial charge in [0.05, 0.1) is 30.0 Å². The van der Waals surface area contributed by atoms with E-state index in [1.165, 1.54) is 18.2 Å². The molecule has 0 saturated heterocycles. The average Bonchev–Trinajstić information content (AvgIpc) is 3.44. The molecule has 0 unspecified atom stereocenters. The molecule has 0 aliphatic carbocycles. The van der Waals surface area contributed by atoms with Gasteiger partial charge in [0.1, 0.15) is 11.0 Å². The minimum absolute atomic E-state index is 0. The van der Waals surface area contributed by atoms with Gasteiger partial charge in [-0.05, 0) is 208 Å². The number of methoxy groups -OCH3 is 1. The third-order valence-corrected chi connectivity index (χ3v) is 18.1. The average molecular weight is 1110 g/mol. The van der Waals surface area contributed by atoms with Crippen LogP contribution in [0, 0.1) is 81.1 Å². The number of fused-ring (bicyclic) bond motifs is 4. The quantitative estimate of drug-likeness (QED) is 0.116. The lowest BCUT2D eigenvalue weighted by atomic mass is 9.78. The van der Waals surface area contributed by atoms with E-state index < -0.39 is 17.8 Å². The first-order valence-electron chi connectivity index (χ1n) is 28.5. The number of amides is 2. The van der Waals surface area contributed by atoms with Crippen LogP contribution in [0.25, 0.3) is 22.1 Å². The first-order valence-corrected chi connectivity index (χ1v) is 28.5. The van der Waals surface area contributed by atoms with Gasteiger partial charge in [-0.2, -0.15) is 0 Å². The van der Waals surface area contributed by atoms with Crippen molar-refractivity contribution in [3.05, 3.63) is 184 Å². The van der Waals surface area contributed by atoms with Gasteiger partial charge in [0.2, 0.25) is 0 Å². The van der Waals surface area contributed by atoms with Gasteiger partial charge >= 0.3 is 11.9 Å². The van der Waals surface area contributed by atoms with Crippen LogP contribution in [0.2, 0.25) is 0 Å². The summed E-state index contributed by atoms with van der Waals surface area (Å²) in [6.07, 6.45) is 1.57. The molecule has 14 nitrogen and oxygen atoms in total. The normalized spacial score (nSPS) is 14.5. The van der Waals surface area contributed by atoms with E-state index in [2.05, 4.69) is 110 Å². The molecule has 0 fully saturated rings. The largest absolute Gasteiger partial charge is 0.481 e. The number of hydrogen-bond acceptors (Lipinski definition) is 9. The lowest BCUT2D eigenvalue weighted by Gasteiger charge is -2.32. The molecule has 6 aromatic carbocycles. The van der Waals surface area contributed by atoms with Crippen molar-refractivity contribution in [1.29, 1.82) is 0 Å². The molecule has 2 aliphatic rings. The summed E-state index contributed by atoms with van der Waals surface area (Å²) >= 11 is 0. The number of carboxylic acids is 1. The van der Waals surface area contributed by atoms with Crippen molar-refractivity contribution < 1.29 is 29.0 Å². The van der Waals surface area contributed by atoms with Gasteiger partial charge in [-0.25, -0.2) is 9.36 Å². The van der Waals surface area contributed by atoms with E-state index >= 15 is 0 Å². The predicted molar refractivity (Wildman–Crippen MR) is 325 cm³/mol. The molecule has 2 amide bonds. The van der Waals surface area contributed by atoms with Crippen molar-refractivity contribution in [1.82, 2.24) is 39.8 Å². The second kappa shape index (κ2) is 24.2. The number of carbonyl (C=O) groups excluding carboxylic acids is 3. The van der Waals surface area contributed by atoms with Crippen molar-refractivity contribution in [2.24, 2.45) is 11.8 Å². The van der Waals surface area contributed by atoms with Crippen molar-refractivity contribution in [2.75, 3.05) is 20.2 Å². The van der Waals surface area contributed by atoms with E-state index in [0.717, 1.165) is 142 Å². The standard InChI is InChI=1S/C34H40N4O3.C33H38N4O3.CH4/c1-9-38-29-13-12-28(23(6)32(29)35-36-38)31(24(7)34(40)41-8)26-11-10-25-14-15-37(18-27(25)17-26)33(39)30-21(4)19(2)16-20(3)22(30)5;1-8-37-28-12-11-27(22(6)31(28)34-35-37)30(23(7)33(39)40)25-10-9-24-13-14-36(17-26(24)16-25)32(38)29-20(4)18(2)15-19(3)21(29)5;/h10-13,16-17,24,31H,9,14-15,18H2,1-8H3;9-12,15-16,23,30H,8,13-14,17H2,1-7H3,(H,39,40);1H4/t24-,31+;23-,30+;/m11./s1. The highest BCUT2D eigenvalue weighted by Gasteiger charge is 2.34. The van der Waals surface area contributed by atoms with Gasteiger partial charge in [-0.3, -0.25) is 19.2 Å². The summed E-state index contributed by atoms with van der Waals surface area (Å²) < 4.78 is 8.95. The van der Waals surface area contributed by atoms with Gasteiger partial charge in [0, 0.05) is 62.2 Å². The van der Waals surface area contributed by atoms with Crippen molar-refractivity contribution in [2.45, 2.75) is 155 Å². The molecule has 0 saturated carbocycles. The Kier molecular flexibility index (Phi) is 17.8. The third kappa shape index (κ3) is 11.0. The SMILES string of the molecule is C.CCn1nnc2c(C)c([C@H](c3ccc4c(c3)CN(C(=O)c3c(C)c(C)cc(C)c3C)CC4)[C@@H](C)C(=O)O)ccc21.CCn1nnc2c(C)c([C@H](c3ccc4c(c3)CN(C(=O)c3c(C)c(C)cc(C)c3C)CC4)[C@@H](C)C(=O)OC)ccc21. The Bertz CT molecular complexity index is 3760. The van der Waals surface area contributed by atoms with E-state index in [1.807, 2.05) is 92.8 Å². The number of benzene rings is 6. The monoisotopic (exact) mass is 1110 g/mol. The van der Waals surface area contributed by atoms with Gasteiger partial charge < -0.3 is 19.6 Å². The summed E-state index contributed by atoms with van der Waals surface area (Å²) in [6.45, 7) is 32.0. The number of aromatic nitrogens is 6. The zero-order valence-electron chi connectivity index (χ0n) is 50.0. The summed E-state index contributed by atoms with van der Waals surface area (Å²) in [5.74, 6) is -2.64. The molecular formula is C68H82N8O6. The molecule has 8 aromatic rings. The zero-order valence-corrected chi connectivity index (χ0v) is 50.0. The maximum atomic E-state index is 13.9. The lowest BCUT2D eigenvalue weighted by Crippen LogP contribution is -2.37. The highest BCUT2D eigenvalue weighted by atomic mass is 16.5. The van der Waals surface area contributed by atoms with Crippen molar-refractivity contribution in [3.8, 4) is 0 Å². The molecule has 14 heteroatoms. The number of carbonyl (C=O) groups is 4. The Balaban J connectivity index is 0.000000212. The van der Waals surface area contributed by atoms with E-state index in [9.17, 15) is 24.3 Å². The molecule has 0 bridgehead atoms. The van der Waals surface area contributed by atoms with Crippen LogP contribution in [0.5, 0.6) is 0 Å². The molecule has 4 heterocycles. The molecule has 10 rings (SSSR count). The number of ether oxygens (including phenoxy) is 1. The first kappa shape index (κ1) is 60.1. The van der Waals surface area contributed by atoms with E-state index in [0.29, 0.717) is 32.7 Å². The smallest absolute Gasteiger partial charge is 0.309 e. The second-order valence-electron chi connectivity index (χ2n) is 22.8. The molecule has 0 spiro atoms. The minimum Gasteiger partial charge on any atom is -0.481 e. The van der Waals surface area contributed by atoms with E-state index in [-0.39, 0.29) is 37.0 Å². The first-order chi connectivity index (χ1) is 38.6. The molecule has 2 aliphatic heterocycles. The Morgan fingerprint density at radius 1 is 0.524 bits per heavy atom. The van der Waals surface area contributed by atoms with Crippen molar-refractivity contribution >= 4 is 45.8 Å². The Hall–Kier alpha value is -8.00. The van der Waals surface area contributed by atoms with Crippen LogP contribution in [0.1, 0.15) is 168 Å². The summed E-state index contributed by atoms with van der Waals surface area (Å²) in [5.41, 5.74) is 24.5. The topological polar surface area (TPSA) is 166 Å². The van der Waals surface area contributed by atoms with Gasteiger partial charge in [0.25, 0.3) is 11.8 Å². The van der Waals surface area contributed by atoms with Crippen LogP contribution in [0.3, 0.4) is 0 Å². The number of hydrogen-bond donors (Lipinski definition) is 1. The fraction of sp³-hybridized carbons (Fsp3) is 0.412. The molecule has 82 heavy (non-hydrogen) atoms. The third-order valence-electron chi connectivity index (χ3n) is 18.1. The molecule has 4 atom stereocenters. The summed E-state index contributed by atoms with van der Waals surface area (Å²) in [4.78, 5) is 56.9. The maximum absolute atomic E-state index is 13.9. The van der Waals surface area contributed by atoms with Gasteiger partial charge in [-0.1, -0.05) is 92.4 Å². The molecule has 1 N–H and O–H groups in total. The fourth-order valence-corrected chi connectivity index (χ4v) is 12.7. The Morgan fingerprint density at radius 3 is 1.26 bits per heavy atom. The van der Waals surface area contributed by atoms with Gasteiger partial charge in [0.15, 0.2) is 0 Å². The fourth-order valence-electron chi connectivity index (χ4n) is 12.7. The summed E-state index contributed by atoms with van der Waals surface area (Å²) in [6, 6.07) is 25.2. The van der Waals surface area contributed by atoms with Crippen molar-refractivity contribution in [3.63, 3.8) is 0 Å². The van der Waals surface area contributed by atoms with E-state index in [4.69, 9.17) is 4.74 Å². The highest BCUT2D eigenvalue weighted by molar-refractivity contribution is 5.99. The highest BCUT2D eigenvalue weighted by Crippen LogP contribution is 2.41.